The Balaban J connectivity index is 1.69. The first kappa shape index (κ1) is 19.3. The molecule has 0 unspecified atom stereocenters. The normalized spacial score (nSPS) is 12.9. The van der Waals surface area contributed by atoms with Crippen LogP contribution in [0.25, 0.3) is 43.6 Å². The second-order valence-electron chi connectivity index (χ2n) is 10.4. The maximum absolute atomic E-state index is 6.63. The molecule has 158 valence electrons. The van der Waals surface area contributed by atoms with Gasteiger partial charge in [-0.1, -0.05) is 63.2 Å². The summed E-state index contributed by atoms with van der Waals surface area (Å²) in [6.45, 7) is 9.09. The molecule has 1 aromatic heterocycles. The van der Waals surface area contributed by atoms with Gasteiger partial charge in [0.05, 0.1) is 10.9 Å². The van der Waals surface area contributed by atoms with E-state index in [1.807, 2.05) is 0 Å². The van der Waals surface area contributed by atoms with Crippen molar-refractivity contribution < 1.29 is 9.30 Å². The van der Waals surface area contributed by atoms with E-state index in [1.165, 1.54) is 54.7 Å². The summed E-state index contributed by atoms with van der Waals surface area (Å²) in [6, 6.07) is 22.2. The van der Waals surface area contributed by atoms with Gasteiger partial charge < -0.3 is 4.74 Å². The third-order valence-corrected chi connectivity index (χ3v) is 6.73. The fraction of sp³-hybridized carbons (Fsp3) is 0.233. The van der Waals surface area contributed by atoms with E-state index >= 15 is 0 Å². The van der Waals surface area contributed by atoms with Crippen molar-refractivity contribution in [1.29, 1.82) is 0 Å². The average Bonchev–Trinajstić information content (AvgIpc) is 2.74. The number of aromatic nitrogens is 1. The fourth-order valence-corrected chi connectivity index (χ4v) is 5.41. The Hall–Kier alpha value is -3.39. The van der Waals surface area contributed by atoms with E-state index < -0.39 is 0 Å². The number of benzene rings is 4. The fourth-order valence-electron chi connectivity index (χ4n) is 5.41. The largest absolute Gasteiger partial charge is 0.456 e. The lowest BCUT2D eigenvalue weighted by molar-refractivity contribution is -0.659. The molecule has 0 saturated heterocycles. The van der Waals surface area contributed by atoms with Crippen molar-refractivity contribution in [2.75, 3.05) is 0 Å². The molecule has 0 N–H and O–H groups in total. The molecule has 1 aliphatic rings. The Morgan fingerprint density at radius 2 is 1.59 bits per heavy atom. The molecule has 2 nitrogen and oxygen atoms in total. The van der Waals surface area contributed by atoms with Crippen LogP contribution >= 0.6 is 0 Å². The van der Waals surface area contributed by atoms with Gasteiger partial charge >= 0.3 is 0 Å². The van der Waals surface area contributed by atoms with E-state index in [1.54, 1.807) is 0 Å². The molecule has 5 aromatic rings. The number of hydrogen-bond acceptors (Lipinski definition) is 1. The molecule has 0 amide bonds. The first-order chi connectivity index (χ1) is 15.3. The van der Waals surface area contributed by atoms with Crippen molar-refractivity contribution >= 4 is 32.3 Å². The van der Waals surface area contributed by atoms with Crippen LogP contribution < -0.4 is 9.30 Å². The number of hydrogen-bond donors (Lipinski definition) is 0. The van der Waals surface area contributed by atoms with Crippen molar-refractivity contribution in [3.05, 3.63) is 78.0 Å². The molecular formula is C30H28NO+. The van der Waals surface area contributed by atoms with Crippen LogP contribution in [0, 0.1) is 12.3 Å². The molecular weight excluding hydrogens is 390 g/mol. The zero-order chi connectivity index (χ0) is 22.2. The van der Waals surface area contributed by atoms with Crippen LogP contribution in [0.4, 0.5) is 0 Å². The lowest BCUT2D eigenvalue weighted by Crippen LogP contribution is -2.31. The van der Waals surface area contributed by atoms with Crippen LogP contribution in [0.3, 0.4) is 0 Å². The monoisotopic (exact) mass is 418 g/mol. The summed E-state index contributed by atoms with van der Waals surface area (Å²) >= 11 is 0. The predicted octanol–water partition coefficient (Wildman–Crippen LogP) is 7.64. The Labute approximate surface area is 189 Å². The molecule has 0 aliphatic carbocycles. The van der Waals surface area contributed by atoms with Crippen molar-refractivity contribution in [2.45, 2.75) is 34.1 Å². The molecule has 0 radical (unpaired) electrons. The number of rotatable bonds is 1. The van der Waals surface area contributed by atoms with Gasteiger partial charge in [0.1, 0.15) is 18.5 Å². The molecule has 0 fully saturated rings. The summed E-state index contributed by atoms with van der Waals surface area (Å²) < 4.78 is 8.87. The first-order valence-electron chi connectivity index (χ1n) is 11.4. The van der Waals surface area contributed by atoms with Crippen molar-refractivity contribution in [3.63, 3.8) is 0 Å². The summed E-state index contributed by atoms with van der Waals surface area (Å²) in [5.41, 5.74) is 5.34. The van der Waals surface area contributed by atoms with Gasteiger partial charge in [0.2, 0.25) is 5.69 Å². The minimum Gasteiger partial charge on any atom is -0.456 e. The maximum Gasteiger partial charge on any atom is 0.228 e. The molecule has 0 atom stereocenters. The number of fused-ring (bicyclic) bond motifs is 5. The maximum atomic E-state index is 6.63. The van der Waals surface area contributed by atoms with Crippen LogP contribution in [0.2, 0.25) is 0 Å². The summed E-state index contributed by atoms with van der Waals surface area (Å²) in [5, 5.41) is 7.49. The number of pyridine rings is 1. The van der Waals surface area contributed by atoms with E-state index in [2.05, 4.69) is 106 Å². The molecule has 6 rings (SSSR count). The molecule has 2 heteroatoms. The van der Waals surface area contributed by atoms with Crippen LogP contribution in [0.5, 0.6) is 11.5 Å². The molecule has 4 aromatic carbocycles. The van der Waals surface area contributed by atoms with Gasteiger partial charge in [-0.15, -0.1) is 0 Å². The van der Waals surface area contributed by atoms with Crippen molar-refractivity contribution in [1.82, 2.24) is 0 Å². The number of nitrogens with zero attached hydrogens (tertiary/aromatic N) is 1. The summed E-state index contributed by atoms with van der Waals surface area (Å²) in [4.78, 5) is 0. The minimum absolute atomic E-state index is 0.258. The summed E-state index contributed by atoms with van der Waals surface area (Å²) in [6.07, 6.45) is 3.24. The molecule has 32 heavy (non-hydrogen) atoms. The second-order valence-corrected chi connectivity index (χ2v) is 10.4. The van der Waals surface area contributed by atoms with E-state index in [4.69, 9.17) is 4.74 Å². The first-order valence-corrected chi connectivity index (χ1v) is 11.4. The van der Waals surface area contributed by atoms with Gasteiger partial charge in [0.15, 0.2) is 6.20 Å². The molecule has 0 bridgehead atoms. The van der Waals surface area contributed by atoms with E-state index in [-0.39, 0.29) is 5.41 Å². The van der Waals surface area contributed by atoms with Crippen molar-refractivity contribution in [2.24, 2.45) is 12.5 Å². The lowest BCUT2D eigenvalue weighted by atomic mass is 9.86. The standard InChI is InChI=1S/C30H28NO/c1-18-22-9-7-6-8-20(22)15-25-27(18)29-28-24(12-13-31(29)5)23-11-10-19(17-30(2,3)4)14-21(23)16-26(28)32-25/h6-16H,17H2,1-5H3/q+1. The second kappa shape index (κ2) is 6.56. The van der Waals surface area contributed by atoms with Crippen molar-refractivity contribution in [3.8, 4) is 22.8 Å². The Morgan fingerprint density at radius 3 is 2.41 bits per heavy atom. The molecule has 0 saturated carbocycles. The highest BCUT2D eigenvalue weighted by Gasteiger charge is 2.31. The predicted molar refractivity (Wildman–Crippen MR) is 134 cm³/mol. The Kier molecular flexibility index (Phi) is 3.96. The lowest BCUT2D eigenvalue weighted by Gasteiger charge is -2.23. The zero-order valence-electron chi connectivity index (χ0n) is 19.4. The highest BCUT2D eigenvalue weighted by molar-refractivity contribution is 6.16. The topological polar surface area (TPSA) is 13.1 Å². The van der Waals surface area contributed by atoms with E-state index in [9.17, 15) is 0 Å². The van der Waals surface area contributed by atoms with Crippen LogP contribution in [0.15, 0.2) is 66.9 Å². The van der Waals surface area contributed by atoms with E-state index in [0.29, 0.717) is 0 Å². The zero-order valence-corrected chi connectivity index (χ0v) is 19.4. The van der Waals surface area contributed by atoms with Crippen LogP contribution in [-0.4, -0.2) is 0 Å². The number of ether oxygens (including phenoxy) is 1. The van der Waals surface area contributed by atoms with E-state index in [0.717, 1.165) is 17.9 Å². The van der Waals surface area contributed by atoms with Crippen LogP contribution in [-0.2, 0) is 13.5 Å². The highest BCUT2D eigenvalue weighted by Crippen LogP contribution is 2.49. The third-order valence-electron chi connectivity index (χ3n) is 6.73. The van der Waals surface area contributed by atoms with Gasteiger partial charge in [-0.25, -0.2) is 4.57 Å². The smallest absolute Gasteiger partial charge is 0.228 e. The van der Waals surface area contributed by atoms with Gasteiger partial charge in [0.25, 0.3) is 0 Å². The Bertz CT molecular complexity index is 1570. The SMILES string of the molecule is Cc1c2c(cc3ccccc13)Oc1cc3cc(CC(C)(C)C)ccc3c3cc[n+](C)c-2c13. The number of aryl methyl sites for hydroxylation is 2. The van der Waals surface area contributed by atoms with Gasteiger partial charge in [0, 0.05) is 11.5 Å². The minimum atomic E-state index is 0.258. The third kappa shape index (κ3) is 2.82. The van der Waals surface area contributed by atoms with Gasteiger partial charge in [-0.3, -0.25) is 0 Å². The molecule has 0 spiro atoms. The highest BCUT2D eigenvalue weighted by atomic mass is 16.5. The molecule has 2 heterocycles. The quantitative estimate of drug-likeness (QED) is 0.197. The summed E-state index contributed by atoms with van der Waals surface area (Å²) in [5.74, 6) is 1.90. The van der Waals surface area contributed by atoms with Crippen LogP contribution in [0.1, 0.15) is 31.9 Å². The average molecular weight is 419 g/mol. The summed E-state index contributed by atoms with van der Waals surface area (Å²) in [7, 11) is 2.14. The molecule has 1 aliphatic heterocycles. The Morgan fingerprint density at radius 1 is 0.812 bits per heavy atom. The van der Waals surface area contributed by atoms with Gasteiger partial charge in [-0.2, -0.15) is 0 Å². The van der Waals surface area contributed by atoms with Gasteiger partial charge in [-0.05, 0) is 63.6 Å².